The number of methoxy groups -OCH3 is 1. The van der Waals surface area contributed by atoms with Crippen LogP contribution in [0.3, 0.4) is 0 Å². The third-order valence-electron chi connectivity index (χ3n) is 3.09. The Morgan fingerprint density at radius 3 is 2.39 bits per heavy atom. The van der Waals surface area contributed by atoms with Gasteiger partial charge in [-0.3, -0.25) is 0 Å². The third kappa shape index (κ3) is 4.91. The first-order valence-corrected chi connectivity index (χ1v) is 7.75. The second-order valence-electron chi connectivity index (χ2n) is 4.44. The zero-order valence-corrected chi connectivity index (χ0v) is 12.7. The Labute approximate surface area is 116 Å². The number of benzene rings is 1. The van der Waals surface area contributed by atoms with Gasteiger partial charge in [0.1, 0.15) is 5.75 Å². The maximum absolute atomic E-state index is 5.20. The summed E-state index contributed by atoms with van der Waals surface area (Å²) in [5, 5.41) is 4.28. The molecule has 0 aliphatic heterocycles. The van der Waals surface area contributed by atoms with E-state index < -0.39 is 0 Å². The molecule has 2 nitrogen and oxygen atoms in total. The minimum absolute atomic E-state index is 0.430. The lowest BCUT2D eigenvalue weighted by atomic mass is 10.1. The maximum Gasteiger partial charge on any atom is 0.118 e. The van der Waals surface area contributed by atoms with Gasteiger partial charge >= 0.3 is 0 Å². The fourth-order valence-electron chi connectivity index (χ4n) is 1.73. The molecule has 0 aliphatic rings. The van der Waals surface area contributed by atoms with Crippen LogP contribution < -0.4 is 10.1 Å². The summed E-state index contributed by atoms with van der Waals surface area (Å²) in [6.07, 6.45) is 1.23. The van der Waals surface area contributed by atoms with Crippen LogP contribution in [0, 0.1) is 0 Å². The van der Waals surface area contributed by atoms with E-state index in [9.17, 15) is 0 Å². The lowest BCUT2D eigenvalue weighted by Gasteiger charge is -2.20. The van der Waals surface area contributed by atoms with Crippen LogP contribution in [0.25, 0.3) is 0 Å². The standard InChI is InChI=1S/C15H25NOS/c1-5-12(3)18-11-15(16-6-2)13-7-9-14(17-4)10-8-13/h7-10,12,15-16H,5-6,11H2,1-4H3. The predicted molar refractivity (Wildman–Crippen MR) is 81.6 cm³/mol. The number of nitrogens with one attached hydrogen (secondary N) is 1. The Balaban J connectivity index is 2.64. The van der Waals surface area contributed by atoms with Crippen molar-refractivity contribution < 1.29 is 4.74 Å². The molecule has 18 heavy (non-hydrogen) atoms. The van der Waals surface area contributed by atoms with E-state index in [2.05, 4.69) is 38.2 Å². The number of hydrogen-bond acceptors (Lipinski definition) is 3. The largest absolute Gasteiger partial charge is 0.497 e. The maximum atomic E-state index is 5.20. The number of rotatable bonds is 8. The molecule has 0 spiro atoms. The summed E-state index contributed by atoms with van der Waals surface area (Å²) < 4.78 is 5.20. The fourth-order valence-corrected chi connectivity index (χ4v) is 2.80. The van der Waals surface area contributed by atoms with Crippen LogP contribution in [0.15, 0.2) is 24.3 Å². The molecule has 3 heteroatoms. The van der Waals surface area contributed by atoms with Gasteiger partial charge in [0.15, 0.2) is 0 Å². The molecule has 1 rings (SSSR count). The van der Waals surface area contributed by atoms with Crippen LogP contribution in [0.2, 0.25) is 0 Å². The van der Waals surface area contributed by atoms with E-state index in [0.717, 1.165) is 23.3 Å². The van der Waals surface area contributed by atoms with E-state index in [0.29, 0.717) is 6.04 Å². The second kappa shape index (κ2) is 8.44. The fraction of sp³-hybridized carbons (Fsp3) is 0.600. The number of hydrogen-bond donors (Lipinski definition) is 1. The normalized spacial score (nSPS) is 14.2. The van der Waals surface area contributed by atoms with Gasteiger partial charge in [0.25, 0.3) is 0 Å². The van der Waals surface area contributed by atoms with Crippen molar-refractivity contribution >= 4 is 11.8 Å². The van der Waals surface area contributed by atoms with Crippen LogP contribution >= 0.6 is 11.8 Å². The van der Waals surface area contributed by atoms with Gasteiger partial charge in [-0.2, -0.15) is 11.8 Å². The average Bonchev–Trinajstić information content (AvgIpc) is 2.43. The van der Waals surface area contributed by atoms with Gasteiger partial charge in [-0.1, -0.05) is 32.9 Å². The van der Waals surface area contributed by atoms with Gasteiger partial charge in [0.05, 0.1) is 7.11 Å². The summed E-state index contributed by atoms with van der Waals surface area (Å²) in [6.45, 7) is 7.69. The van der Waals surface area contributed by atoms with Crippen LogP contribution in [0.4, 0.5) is 0 Å². The molecule has 1 aromatic carbocycles. The van der Waals surface area contributed by atoms with Crippen LogP contribution in [-0.2, 0) is 0 Å². The SMILES string of the molecule is CCNC(CSC(C)CC)c1ccc(OC)cc1. The Kier molecular flexibility index (Phi) is 7.21. The highest BCUT2D eigenvalue weighted by Crippen LogP contribution is 2.24. The smallest absolute Gasteiger partial charge is 0.118 e. The topological polar surface area (TPSA) is 21.3 Å². The zero-order chi connectivity index (χ0) is 13.4. The lowest BCUT2D eigenvalue weighted by Crippen LogP contribution is -2.23. The predicted octanol–water partition coefficient (Wildman–Crippen LogP) is 3.88. The van der Waals surface area contributed by atoms with Crippen molar-refractivity contribution in [2.45, 2.75) is 38.5 Å². The molecule has 2 unspecified atom stereocenters. The Hall–Kier alpha value is -0.670. The van der Waals surface area contributed by atoms with Gasteiger partial charge in [0, 0.05) is 17.0 Å². The first kappa shape index (κ1) is 15.4. The van der Waals surface area contributed by atoms with Gasteiger partial charge < -0.3 is 10.1 Å². The molecular formula is C15H25NOS. The Morgan fingerprint density at radius 1 is 1.22 bits per heavy atom. The van der Waals surface area contributed by atoms with Crippen LogP contribution in [0.5, 0.6) is 5.75 Å². The summed E-state index contributed by atoms with van der Waals surface area (Å²) in [4.78, 5) is 0. The Morgan fingerprint density at radius 2 is 1.89 bits per heavy atom. The highest BCUT2D eigenvalue weighted by molar-refractivity contribution is 7.99. The molecule has 2 atom stereocenters. The molecule has 0 amide bonds. The molecule has 0 fully saturated rings. The van der Waals surface area contributed by atoms with Gasteiger partial charge in [-0.25, -0.2) is 0 Å². The van der Waals surface area contributed by atoms with Gasteiger partial charge in [-0.05, 0) is 30.7 Å². The molecule has 0 saturated carbocycles. The summed E-state index contributed by atoms with van der Waals surface area (Å²) in [5.41, 5.74) is 1.34. The van der Waals surface area contributed by atoms with Crippen molar-refractivity contribution in [1.82, 2.24) is 5.32 Å². The van der Waals surface area contributed by atoms with Gasteiger partial charge in [0.2, 0.25) is 0 Å². The first-order valence-electron chi connectivity index (χ1n) is 6.70. The van der Waals surface area contributed by atoms with E-state index in [4.69, 9.17) is 4.74 Å². The molecule has 102 valence electrons. The van der Waals surface area contributed by atoms with E-state index in [-0.39, 0.29) is 0 Å². The molecule has 0 heterocycles. The quantitative estimate of drug-likeness (QED) is 0.772. The van der Waals surface area contributed by atoms with E-state index in [1.807, 2.05) is 23.9 Å². The highest BCUT2D eigenvalue weighted by atomic mass is 32.2. The summed E-state index contributed by atoms with van der Waals surface area (Å²) in [6, 6.07) is 8.81. The molecule has 0 aromatic heterocycles. The minimum atomic E-state index is 0.430. The molecular weight excluding hydrogens is 242 g/mol. The highest BCUT2D eigenvalue weighted by Gasteiger charge is 2.12. The van der Waals surface area contributed by atoms with E-state index >= 15 is 0 Å². The van der Waals surface area contributed by atoms with Crippen molar-refractivity contribution in [3.05, 3.63) is 29.8 Å². The molecule has 1 aromatic rings. The first-order chi connectivity index (χ1) is 8.71. The van der Waals surface area contributed by atoms with Gasteiger partial charge in [-0.15, -0.1) is 0 Å². The number of ether oxygens (including phenoxy) is 1. The van der Waals surface area contributed by atoms with Crippen molar-refractivity contribution in [3.8, 4) is 5.75 Å². The molecule has 1 N–H and O–H groups in total. The Bertz CT molecular complexity index is 326. The molecule has 0 saturated heterocycles. The summed E-state index contributed by atoms with van der Waals surface area (Å²) in [7, 11) is 1.70. The van der Waals surface area contributed by atoms with Crippen molar-refractivity contribution in [1.29, 1.82) is 0 Å². The average molecular weight is 267 g/mol. The molecule has 0 aliphatic carbocycles. The summed E-state index contributed by atoms with van der Waals surface area (Å²) in [5.74, 6) is 2.04. The van der Waals surface area contributed by atoms with Crippen molar-refractivity contribution in [2.24, 2.45) is 0 Å². The lowest BCUT2D eigenvalue weighted by molar-refractivity contribution is 0.414. The number of thioether (sulfide) groups is 1. The molecule has 0 radical (unpaired) electrons. The minimum Gasteiger partial charge on any atom is -0.497 e. The van der Waals surface area contributed by atoms with Crippen molar-refractivity contribution in [3.63, 3.8) is 0 Å². The van der Waals surface area contributed by atoms with Crippen molar-refractivity contribution in [2.75, 3.05) is 19.4 Å². The molecule has 0 bridgehead atoms. The second-order valence-corrected chi connectivity index (χ2v) is 5.91. The summed E-state index contributed by atoms with van der Waals surface area (Å²) >= 11 is 2.04. The van der Waals surface area contributed by atoms with E-state index in [1.165, 1.54) is 12.0 Å². The van der Waals surface area contributed by atoms with Crippen LogP contribution in [0.1, 0.15) is 38.8 Å². The third-order valence-corrected chi connectivity index (χ3v) is 4.52. The van der Waals surface area contributed by atoms with E-state index in [1.54, 1.807) is 7.11 Å². The zero-order valence-electron chi connectivity index (χ0n) is 11.9. The monoisotopic (exact) mass is 267 g/mol. The van der Waals surface area contributed by atoms with Crippen LogP contribution in [-0.4, -0.2) is 24.7 Å².